The molecule has 0 amide bonds. The van der Waals surface area contributed by atoms with E-state index in [4.69, 9.17) is 0 Å². The summed E-state index contributed by atoms with van der Waals surface area (Å²) in [5.74, 6) is 0. The van der Waals surface area contributed by atoms with Crippen LogP contribution in [0.25, 0.3) is 69.6 Å². The van der Waals surface area contributed by atoms with Crippen molar-refractivity contribution >= 4 is 88.2 Å². The fraction of sp³-hybridized carbons (Fsp3) is 0.0588. The van der Waals surface area contributed by atoms with Crippen molar-refractivity contribution in [3.8, 4) is 49.5 Å². The standard InChI is InChI=1S/C34H22S6/c1-19-3-6-22-23-7-5-21(18-34(23)40-33(22)17-19)24-9-10-27(36-24)28-13-14-31(38-28)32-16-15-30(39-32)29-12-11-26(37-29)25-8-4-20(2)35-25/h3-18H,1-2H3. The number of rotatable bonds is 5. The number of fused-ring (bicyclic) bond motifs is 3. The predicted molar refractivity (Wildman–Crippen MR) is 185 cm³/mol. The molecule has 8 aromatic rings. The average Bonchev–Trinajstić information content (AvgIpc) is 3.79. The third-order valence-electron chi connectivity index (χ3n) is 7.05. The normalized spacial score (nSPS) is 11.8. The molecule has 8 rings (SSSR count). The lowest BCUT2D eigenvalue weighted by atomic mass is 10.1. The molecule has 0 aliphatic rings. The maximum absolute atomic E-state index is 2.37. The summed E-state index contributed by atoms with van der Waals surface area (Å²) in [7, 11) is 0. The van der Waals surface area contributed by atoms with Gasteiger partial charge in [-0.1, -0.05) is 24.3 Å². The van der Waals surface area contributed by atoms with Crippen LogP contribution < -0.4 is 0 Å². The monoisotopic (exact) mass is 622 g/mol. The molecule has 0 saturated heterocycles. The van der Waals surface area contributed by atoms with Gasteiger partial charge in [0.1, 0.15) is 0 Å². The van der Waals surface area contributed by atoms with E-state index < -0.39 is 0 Å². The first kappa shape index (κ1) is 24.9. The molecule has 0 nitrogen and oxygen atoms in total. The second-order valence-electron chi connectivity index (χ2n) is 9.88. The first-order valence-electron chi connectivity index (χ1n) is 13.0. The average molecular weight is 623 g/mol. The molecule has 0 N–H and O–H groups in total. The molecular formula is C34H22S6. The minimum Gasteiger partial charge on any atom is -0.140 e. The van der Waals surface area contributed by atoms with Gasteiger partial charge in [-0.05, 0) is 97.8 Å². The molecule has 0 atom stereocenters. The summed E-state index contributed by atoms with van der Waals surface area (Å²) in [6, 6.07) is 36.4. The van der Waals surface area contributed by atoms with Gasteiger partial charge in [0.15, 0.2) is 0 Å². The lowest BCUT2D eigenvalue weighted by Gasteiger charge is -1.98. The third kappa shape index (κ3) is 4.44. The van der Waals surface area contributed by atoms with Gasteiger partial charge in [0, 0.05) is 68.9 Å². The topological polar surface area (TPSA) is 0 Å². The van der Waals surface area contributed by atoms with Crippen molar-refractivity contribution in [2.24, 2.45) is 0 Å². The maximum atomic E-state index is 2.37. The number of hydrogen-bond donors (Lipinski definition) is 0. The van der Waals surface area contributed by atoms with E-state index >= 15 is 0 Å². The number of thiophene rings is 6. The van der Waals surface area contributed by atoms with Crippen molar-refractivity contribution in [1.82, 2.24) is 0 Å². The zero-order chi connectivity index (χ0) is 26.8. The molecule has 0 saturated carbocycles. The van der Waals surface area contributed by atoms with Gasteiger partial charge < -0.3 is 0 Å². The summed E-state index contributed by atoms with van der Waals surface area (Å²) in [6.07, 6.45) is 0. The van der Waals surface area contributed by atoms with Crippen LogP contribution in [0.4, 0.5) is 0 Å². The fourth-order valence-electron chi connectivity index (χ4n) is 5.04. The highest BCUT2D eigenvalue weighted by Crippen LogP contribution is 2.46. The van der Waals surface area contributed by atoms with Gasteiger partial charge >= 0.3 is 0 Å². The summed E-state index contributed by atoms with van der Waals surface area (Å²) in [5.41, 5.74) is 2.63. The Hall–Kier alpha value is -2.84. The Labute approximate surface area is 257 Å². The smallest absolute Gasteiger partial charge is 0.0449 e. The highest BCUT2D eigenvalue weighted by atomic mass is 32.1. The number of benzene rings is 2. The predicted octanol–water partition coefficient (Wildman–Crippen LogP) is 13.3. The zero-order valence-corrected chi connectivity index (χ0v) is 26.6. The molecule has 0 spiro atoms. The van der Waals surface area contributed by atoms with Crippen LogP contribution in [0.15, 0.2) is 97.1 Å². The van der Waals surface area contributed by atoms with E-state index in [9.17, 15) is 0 Å². The minimum absolute atomic E-state index is 1.31. The molecule has 6 heteroatoms. The number of hydrogen-bond acceptors (Lipinski definition) is 6. The molecule has 0 fully saturated rings. The Morgan fingerprint density at radius 3 is 1.30 bits per heavy atom. The molecule has 6 aromatic heterocycles. The second kappa shape index (κ2) is 9.91. The summed E-state index contributed by atoms with van der Waals surface area (Å²) in [5, 5.41) is 2.73. The van der Waals surface area contributed by atoms with Crippen molar-refractivity contribution in [1.29, 1.82) is 0 Å². The number of aryl methyl sites for hydroxylation is 2. The van der Waals surface area contributed by atoms with Crippen LogP contribution in [-0.4, -0.2) is 0 Å². The largest absolute Gasteiger partial charge is 0.140 e. The summed E-state index contributed by atoms with van der Waals surface area (Å²) >= 11 is 11.3. The molecule has 6 heterocycles. The summed E-state index contributed by atoms with van der Waals surface area (Å²) in [4.78, 5) is 13.5. The lowest BCUT2D eigenvalue weighted by Crippen LogP contribution is -1.72. The molecular weight excluding hydrogens is 601 g/mol. The molecule has 0 unspecified atom stereocenters. The summed E-state index contributed by atoms with van der Waals surface area (Å²) in [6.45, 7) is 4.34. The molecule has 2 aromatic carbocycles. The van der Waals surface area contributed by atoms with Crippen LogP contribution in [0.3, 0.4) is 0 Å². The first-order valence-corrected chi connectivity index (χ1v) is 17.9. The Morgan fingerprint density at radius 2 is 0.775 bits per heavy atom. The van der Waals surface area contributed by atoms with Crippen LogP contribution in [0.5, 0.6) is 0 Å². The van der Waals surface area contributed by atoms with E-state index in [1.165, 1.54) is 80.1 Å². The maximum Gasteiger partial charge on any atom is 0.0449 e. The van der Waals surface area contributed by atoms with Crippen molar-refractivity contribution in [3.63, 3.8) is 0 Å². The van der Waals surface area contributed by atoms with E-state index in [1.807, 2.05) is 68.0 Å². The van der Waals surface area contributed by atoms with Gasteiger partial charge in [-0.15, -0.1) is 68.0 Å². The van der Waals surface area contributed by atoms with Crippen molar-refractivity contribution < 1.29 is 0 Å². The van der Waals surface area contributed by atoms with Crippen molar-refractivity contribution in [2.75, 3.05) is 0 Å². The summed E-state index contributed by atoms with van der Waals surface area (Å²) < 4.78 is 2.74. The Bertz CT molecular complexity index is 2150. The molecule has 0 bridgehead atoms. The Balaban J connectivity index is 1.05. The SMILES string of the molecule is Cc1ccc2c(c1)sc1cc(-c3ccc(-c4ccc(-c5ccc(-c6ccc(-c7ccc(C)s7)s6)s5)s4)s3)ccc12. The zero-order valence-electron chi connectivity index (χ0n) is 21.7. The molecule has 0 radical (unpaired) electrons. The van der Waals surface area contributed by atoms with Gasteiger partial charge in [0.25, 0.3) is 0 Å². The van der Waals surface area contributed by atoms with Crippen molar-refractivity contribution in [2.45, 2.75) is 13.8 Å². The lowest BCUT2D eigenvalue weighted by molar-refractivity contribution is 1.52. The van der Waals surface area contributed by atoms with E-state index in [0.29, 0.717) is 0 Å². The molecule has 0 aliphatic carbocycles. The van der Waals surface area contributed by atoms with E-state index in [1.54, 1.807) is 0 Å². The molecule has 0 aliphatic heterocycles. The van der Waals surface area contributed by atoms with Crippen LogP contribution in [0, 0.1) is 13.8 Å². The fourth-order valence-corrected chi connectivity index (χ4v) is 11.5. The molecule has 40 heavy (non-hydrogen) atoms. The van der Waals surface area contributed by atoms with Gasteiger partial charge in [-0.3, -0.25) is 0 Å². The van der Waals surface area contributed by atoms with Crippen molar-refractivity contribution in [3.05, 3.63) is 108 Å². The van der Waals surface area contributed by atoms with Crippen LogP contribution in [-0.2, 0) is 0 Å². The molecule has 194 valence electrons. The van der Waals surface area contributed by atoms with Crippen LogP contribution in [0.2, 0.25) is 0 Å². The quantitative estimate of drug-likeness (QED) is 0.179. The van der Waals surface area contributed by atoms with Gasteiger partial charge in [0.05, 0.1) is 0 Å². The second-order valence-corrected chi connectivity index (χ2v) is 16.6. The van der Waals surface area contributed by atoms with Gasteiger partial charge in [0.2, 0.25) is 0 Å². The highest BCUT2D eigenvalue weighted by molar-refractivity contribution is 7.30. The third-order valence-corrected chi connectivity index (χ3v) is 14.3. The minimum atomic E-state index is 1.31. The highest BCUT2D eigenvalue weighted by Gasteiger charge is 2.14. The Kier molecular flexibility index (Phi) is 6.17. The van der Waals surface area contributed by atoms with Gasteiger partial charge in [-0.2, -0.15) is 0 Å². The van der Waals surface area contributed by atoms with E-state index in [0.717, 1.165) is 0 Å². The van der Waals surface area contributed by atoms with Crippen LogP contribution in [0.1, 0.15) is 10.4 Å². The van der Waals surface area contributed by atoms with E-state index in [-0.39, 0.29) is 0 Å². The van der Waals surface area contributed by atoms with E-state index in [2.05, 4.69) is 111 Å². The van der Waals surface area contributed by atoms with Gasteiger partial charge in [-0.25, -0.2) is 0 Å². The Morgan fingerprint density at radius 1 is 0.350 bits per heavy atom. The van der Waals surface area contributed by atoms with Crippen LogP contribution >= 0.6 is 68.0 Å². The first-order chi connectivity index (χ1) is 19.6.